The number of non-ortho nitro benzene ring substituents is 1. The molecule has 0 saturated carbocycles. The Kier molecular flexibility index (Phi) is 4.29. The van der Waals surface area contributed by atoms with Crippen LogP contribution >= 0.6 is 0 Å². The number of hydrogen-bond acceptors (Lipinski definition) is 7. The molecule has 130 valence electrons. The summed E-state index contributed by atoms with van der Waals surface area (Å²) in [5.41, 5.74) is 0.363. The molecule has 0 atom stereocenters. The Bertz CT molecular complexity index is 956. The number of rotatable bonds is 5. The average Bonchev–Trinajstić information content (AvgIpc) is 3.09. The quantitative estimate of drug-likeness (QED) is 0.569. The maximum Gasteiger partial charge on any atom is 0.419 e. The van der Waals surface area contributed by atoms with Gasteiger partial charge in [-0.25, -0.2) is 9.79 Å². The highest BCUT2D eigenvalue weighted by Crippen LogP contribution is 2.20. The number of benzene rings is 1. The number of carbonyl (C=O) groups is 2. The Morgan fingerprint density at radius 2 is 2.24 bits per heavy atom. The zero-order valence-corrected chi connectivity index (χ0v) is 12.9. The lowest BCUT2D eigenvalue weighted by molar-refractivity contribution is -0.384. The first-order chi connectivity index (χ1) is 11.9. The van der Waals surface area contributed by atoms with E-state index in [4.69, 9.17) is 4.42 Å². The summed E-state index contributed by atoms with van der Waals surface area (Å²) < 4.78 is 6.31. The second-order valence-electron chi connectivity index (χ2n) is 5.29. The fourth-order valence-corrected chi connectivity index (χ4v) is 2.41. The molecule has 1 aromatic heterocycles. The van der Waals surface area contributed by atoms with Gasteiger partial charge in [-0.1, -0.05) is 0 Å². The van der Waals surface area contributed by atoms with Crippen LogP contribution in [0.25, 0.3) is 11.1 Å². The predicted octanol–water partition coefficient (Wildman–Crippen LogP) is -0.115. The van der Waals surface area contributed by atoms with Gasteiger partial charge in [0, 0.05) is 19.0 Å². The maximum absolute atomic E-state index is 11.9. The number of nitro benzene ring substituents is 1. The first-order valence-electron chi connectivity index (χ1n) is 7.36. The second-order valence-corrected chi connectivity index (χ2v) is 5.29. The van der Waals surface area contributed by atoms with Gasteiger partial charge in [0.25, 0.3) is 5.69 Å². The zero-order valence-electron chi connectivity index (χ0n) is 12.9. The van der Waals surface area contributed by atoms with Crippen LogP contribution in [0.3, 0.4) is 0 Å². The van der Waals surface area contributed by atoms with E-state index in [1.54, 1.807) is 0 Å². The van der Waals surface area contributed by atoms with Crippen LogP contribution in [0.2, 0.25) is 0 Å². The Labute approximate surface area is 139 Å². The average molecular weight is 347 g/mol. The predicted molar refractivity (Wildman–Crippen MR) is 84.9 cm³/mol. The standard InChI is InChI=1S/C14H13N5O6/c20-11(16-13-15-7-12(21)17-13)2-1-5-18-9-4-3-8(19(23)24)6-10(9)25-14(18)22/h3-4,6H,1-2,5,7H2,(H2,15,16,17,20,21). The third-order valence-electron chi connectivity index (χ3n) is 3.54. The molecule has 1 aliphatic rings. The molecule has 0 bridgehead atoms. The molecule has 0 fully saturated rings. The van der Waals surface area contributed by atoms with E-state index < -0.39 is 10.7 Å². The van der Waals surface area contributed by atoms with Gasteiger partial charge in [-0.05, 0) is 12.5 Å². The number of nitrogens with one attached hydrogen (secondary N) is 2. The monoisotopic (exact) mass is 347 g/mol. The molecule has 0 spiro atoms. The van der Waals surface area contributed by atoms with Crippen molar-refractivity contribution in [2.75, 3.05) is 6.54 Å². The molecule has 2 heterocycles. The van der Waals surface area contributed by atoms with Crippen LogP contribution in [0, 0.1) is 10.1 Å². The van der Waals surface area contributed by atoms with Gasteiger partial charge >= 0.3 is 5.76 Å². The lowest BCUT2D eigenvalue weighted by Crippen LogP contribution is -2.40. The van der Waals surface area contributed by atoms with Gasteiger partial charge in [0.2, 0.25) is 17.8 Å². The number of aromatic nitrogens is 1. The van der Waals surface area contributed by atoms with Crippen LogP contribution in [0.1, 0.15) is 12.8 Å². The second kappa shape index (κ2) is 6.55. The fourth-order valence-electron chi connectivity index (χ4n) is 2.41. The highest BCUT2D eigenvalue weighted by molar-refractivity contribution is 6.08. The molecule has 1 aromatic carbocycles. The minimum atomic E-state index is -0.650. The van der Waals surface area contributed by atoms with E-state index in [-0.39, 0.29) is 48.6 Å². The minimum Gasteiger partial charge on any atom is -0.407 e. The van der Waals surface area contributed by atoms with Crippen LogP contribution in [0.15, 0.2) is 32.4 Å². The number of oxazole rings is 1. The lowest BCUT2D eigenvalue weighted by atomic mass is 10.2. The first-order valence-corrected chi connectivity index (χ1v) is 7.36. The number of nitrogens with zero attached hydrogens (tertiary/aromatic N) is 3. The molecule has 2 aromatic rings. The van der Waals surface area contributed by atoms with E-state index in [0.29, 0.717) is 11.9 Å². The molecule has 0 unspecified atom stereocenters. The SMILES string of the molecule is O=C(CCCn1c(=O)oc2cc([N+](=O)[O-])ccc21)NC1=NCC(=O)N1. The van der Waals surface area contributed by atoms with Crippen LogP contribution in [0.4, 0.5) is 5.69 Å². The van der Waals surface area contributed by atoms with Gasteiger partial charge < -0.3 is 4.42 Å². The molecule has 25 heavy (non-hydrogen) atoms. The molecule has 2 N–H and O–H groups in total. The summed E-state index contributed by atoms with van der Waals surface area (Å²) >= 11 is 0. The number of carbonyl (C=O) groups excluding carboxylic acids is 2. The zero-order chi connectivity index (χ0) is 18.0. The van der Waals surface area contributed by atoms with E-state index in [9.17, 15) is 24.5 Å². The summed E-state index contributed by atoms with van der Waals surface area (Å²) in [5, 5.41) is 15.6. The van der Waals surface area contributed by atoms with Gasteiger partial charge in [0.05, 0.1) is 16.5 Å². The smallest absolute Gasteiger partial charge is 0.407 e. The van der Waals surface area contributed by atoms with E-state index >= 15 is 0 Å². The van der Waals surface area contributed by atoms with Crippen LogP contribution in [-0.4, -0.2) is 33.8 Å². The fraction of sp³-hybridized carbons (Fsp3) is 0.286. The number of fused-ring (bicyclic) bond motifs is 1. The van der Waals surface area contributed by atoms with E-state index in [1.165, 1.54) is 22.8 Å². The maximum atomic E-state index is 11.9. The number of guanidine groups is 1. The molecule has 1 aliphatic heterocycles. The van der Waals surface area contributed by atoms with Crippen molar-refractivity contribution in [3.05, 3.63) is 38.9 Å². The first kappa shape index (κ1) is 16.4. The molecule has 2 amide bonds. The molecule has 11 nitrogen and oxygen atoms in total. The largest absolute Gasteiger partial charge is 0.419 e. The molecular weight excluding hydrogens is 334 g/mol. The summed E-state index contributed by atoms with van der Waals surface area (Å²) in [6.07, 6.45) is 0.430. The Balaban J connectivity index is 1.62. The third kappa shape index (κ3) is 3.54. The summed E-state index contributed by atoms with van der Waals surface area (Å²) in [5.74, 6) is -1.17. The Morgan fingerprint density at radius 1 is 1.44 bits per heavy atom. The van der Waals surface area contributed by atoms with Gasteiger partial charge in [-0.2, -0.15) is 0 Å². The minimum absolute atomic E-state index is 0.0157. The number of aliphatic imine (C=N–C) groups is 1. The van der Waals surface area contributed by atoms with E-state index in [2.05, 4.69) is 15.6 Å². The highest BCUT2D eigenvalue weighted by atomic mass is 16.6. The molecule has 0 radical (unpaired) electrons. The van der Waals surface area contributed by atoms with E-state index in [1.807, 2.05) is 0 Å². The van der Waals surface area contributed by atoms with Gasteiger partial charge in [0.1, 0.15) is 6.54 Å². The summed E-state index contributed by atoms with van der Waals surface area (Å²) in [6.45, 7) is 0.189. The topological polar surface area (TPSA) is 149 Å². The van der Waals surface area contributed by atoms with Crippen molar-refractivity contribution in [2.45, 2.75) is 19.4 Å². The number of nitro groups is 1. The van der Waals surface area contributed by atoms with Crippen molar-refractivity contribution in [3.63, 3.8) is 0 Å². The van der Waals surface area contributed by atoms with Gasteiger partial charge in [-0.3, -0.25) is 34.9 Å². The van der Waals surface area contributed by atoms with Gasteiger partial charge in [-0.15, -0.1) is 0 Å². The van der Waals surface area contributed by atoms with Gasteiger partial charge in [0.15, 0.2) is 5.58 Å². The summed E-state index contributed by atoms with van der Waals surface area (Å²) in [6, 6.07) is 3.89. The van der Waals surface area contributed by atoms with Crippen LogP contribution < -0.4 is 16.4 Å². The molecule has 3 rings (SSSR count). The lowest BCUT2D eigenvalue weighted by Gasteiger charge is -2.05. The van der Waals surface area contributed by atoms with Crippen molar-refractivity contribution in [1.29, 1.82) is 0 Å². The van der Waals surface area contributed by atoms with Crippen molar-refractivity contribution in [1.82, 2.24) is 15.2 Å². The molecule has 0 saturated heterocycles. The van der Waals surface area contributed by atoms with Crippen molar-refractivity contribution >= 4 is 34.6 Å². The van der Waals surface area contributed by atoms with E-state index in [0.717, 1.165) is 0 Å². The van der Waals surface area contributed by atoms with Crippen molar-refractivity contribution in [3.8, 4) is 0 Å². The Hall–Kier alpha value is -3.50. The Morgan fingerprint density at radius 3 is 2.92 bits per heavy atom. The van der Waals surface area contributed by atoms with Crippen LogP contribution in [-0.2, 0) is 16.1 Å². The number of hydrogen-bond donors (Lipinski definition) is 2. The summed E-state index contributed by atoms with van der Waals surface area (Å²) in [7, 11) is 0. The normalized spacial score (nSPS) is 13.6. The third-order valence-corrected chi connectivity index (χ3v) is 3.54. The molecular formula is C14H13N5O6. The molecule has 0 aliphatic carbocycles. The number of amides is 2. The van der Waals surface area contributed by atoms with Crippen molar-refractivity contribution < 1.29 is 18.9 Å². The highest BCUT2D eigenvalue weighted by Gasteiger charge is 2.16. The number of aryl methyl sites for hydroxylation is 1. The molecule has 11 heteroatoms. The summed E-state index contributed by atoms with van der Waals surface area (Å²) in [4.78, 5) is 48.6. The van der Waals surface area contributed by atoms with Crippen molar-refractivity contribution in [2.24, 2.45) is 4.99 Å². The van der Waals surface area contributed by atoms with Crippen LogP contribution in [0.5, 0.6) is 0 Å².